The molecule has 0 aromatic heterocycles. The van der Waals surface area contributed by atoms with Crippen molar-refractivity contribution >= 4 is 13.7 Å². The Bertz CT molecular complexity index is 1420. The number of hydrogen-bond acceptors (Lipinski definition) is 6. The predicted octanol–water partition coefficient (Wildman–Crippen LogP) is 18.4. The Hall–Kier alpha value is -2.06. The number of phosphoric acid groups is 1. The Morgan fingerprint density at radius 3 is 1.19 bits per heavy atom. The summed E-state index contributed by atoms with van der Waals surface area (Å²) < 4.78 is 23.4. The Morgan fingerprint density at radius 2 is 0.836 bits per heavy atom. The topological polar surface area (TPSA) is 108 Å². The number of likely N-dealkylation sites (N-methyl/N-ethyl adjacent to an activating group) is 1. The third kappa shape index (κ3) is 57.5. The third-order valence-electron chi connectivity index (χ3n) is 13.7. The Balaban J connectivity index is 4.16. The quantitative estimate of drug-likeness (QED) is 0.0272. The van der Waals surface area contributed by atoms with E-state index in [0.717, 1.165) is 70.6 Å². The maximum Gasteiger partial charge on any atom is 0.268 e. The van der Waals surface area contributed by atoms with Crippen molar-refractivity contribution in [2.45, 2.75) is 289 Å². The van der Waals surface area contributed by atoms with E-state index in [1.54, 1.807) is 0 Å². The van der Waals surface area contributed by atoms with E-state index < -0.39 is 20.0 Å². The van der Waals surface area contributed by atoms with Crippen LogP contribution in [0.4, 0.5) is 0 Å². The van der Waals surface area contributed by atoms with Crippen molar-refractivity contribution in [3.63, 3.8) is 0 Å². The van der Waals surface area contributed by atoms with Gasteiger partial charge in [-0.3, -0.25) is 9.36 Å². The van der Waals surface area contributed by atoms with Gasteiger partial charge in [-0.05, 0) is 64.2 Å². The average molecular weight is 1040 g/mol. The van der Waals surface area contributed by atoms with Gasteiger partial charge < -0.3 is 28.8 Å². The number of amides is 1. The number of rotatable bonds is 56. The monoisotopic (exact) mass is 1040 g/mol. The molecule has 73 heavy (non-hydrogen) atoms. The van der Waals surface area contributed by atoms with Crippen molar-refractivity contribution in [1.82, 2.24) is 5.32 Å². The molecule has 0 heterocycles. The molecule has 0 aromatic rings. The summed E-state index contributed by atoms with van der Waals surface area (Å²) in [4.78, 5) is 25.5. The fraction of sp³-hybridized carbons (Fsp3) is 0.797. The number of phosphoric ester groups is 1. The van der Waals surface area contributed by atoms with Gasteiger partial charge in [0.05, 0.1) is 39.9 Å². The summed E-state index contributed by atoms with van der Waals surface area (Å²) in [6, 6.07) is -0.830. The van der Waals surface area contributed by atoms with Gasteiger partial charge in [-0.2, -0.15) is 0 Å². The lowest BCUT2D eigenvalue weighted by molar-refractivity contribution is -0.870. The SMILES string of the molecule is CC/C=C\C/C=C\C/C=C\C/C=C\C/C=C\C/C=C\CCCCC(=O)NC(COP(=O)([O-])OCC[N+](C)(C)C)C(O)CCCCCCCCCCCCCCCCCCCCCCCCCCCCCCCC. The first-order valence-corrected chi connectivity index (χ1v) is 32.2. The molecule has 0 rings (SSSR count). The minimum absolute atomic E-state index is 0.000288. The van der Waals surface area contributed by atoms with Gasteiger partial charge in [0, 0.05) is 6.42 Å². The van der Waals surface area contributed by atoms with Gasteiger partial charge in [-0.1, -0.05) is 279 Å². The number of aliphatic hydroxyl groups excluding tert-OH is 1. The van der Waals surface area contributed by atoms with Crippen LogP contribution in [0.1, 0.15) is 277 Å². The van der Waals surface area contributed by atoms with E-state index in [2.05, 4.69) is 92.1 Å². The predicted molar refractivity (Wildman–Crippen MR) is 316 cm³/mol. The zero-order chi connectivity index (χ0) is 53.5. The number of carbonyl (C=O) groups excluding carboxylic acids is 1. The Kier molecular flexibility index (Phi) is 53.2. The summed E-state index contributed by atoms with van der Waals surface area (Å²) in [7, 11) is 1.27. The normalized spacial score (nSPS) is 14.3. The Labute approximate surface area is 453 Å². The summed E-state index contributed by atoms with van der Waals surface area (Å²) in [6.07, 6.45) is 75.3. The number of nitrogens with zero attached hydrogens (tertiary/aromatic N) is 1. The molecular formula is C64H119N2O6P. The molecule has 9 heteroatoms. The molecule has 0 spiro atoms. The van der Waals surface area contributed by atoms with E-state index in [9.17, 15) is 19.4 Å². The second kappa shape index (κ2) is 54.7. The minimum Gasteiger partial charge on any atom is -0.756 e. The van der Waals surface area contributed by atoms with Crippen molar-refractivity contribution in [2.24, 2.45) is 0 Å². The van der Waals surface area contributed by atoms with Crippen LogP contribution in [0.15, 0.2) is 72.9 Å². The van der Waals surface area contributed by atoms with Crippen LogP contribution in [-0.4, -0.2) is 68.5 Å². The number of unbranched alkanes of at least 4 members (excludes halogenated alkanes) is 31. The highest BCUT2D eigenvalue weighted by Crippen LogP contribution is 2.38. The van der Waals surface area contributed by atoms with Crippen LogP contribution in [0.5, 0.6) is 0 Å². The third-order valence-corrected chi connectivity index (χ3v) is 14.7. The van der Waals surface area contributed by atoms with Crippen LogP contribution in [0.25, 0.3) is 0 Å². The Morgan fingerprint density at radius 1 is 0.493 bits per heavy atom. The number of aliphatic hydroxyl groups is 1. The van der Waals surface area contributed by atoms with Gasteiger partial charge in [0.1, 0.15) is 13.2 Å². The second-order valence-corrected chi connectivity index (χ2v) is 23.4. The lowest BCUT2D eigenvalue weighted by Crippen LogP contribution is -2.46. The molecule has 1 amide bonds. The molecule has 8 nitrogen and oxygen atoms in total. The van der Waals surface area contributed by atoms with E-state index in [1.165, 1.54) is 173 Å². The highest BCUT2D eigenvalue weighted by molar-refractivity contribution is 7.45. The maximum absolute atomic E-state index is 13.0. The smallest absolute Gasteiger partial charge is 0.268 e. The molecule has 0 aromatic carbocycles. The van der Waals surface area contributed by atoms with Crippen LogP contribution in [0.2, 0.25) is 0 Å². The van der Waals surface area contributed by atoms with Crippen LogP contribution in [0.3, 0.4) is 0 Å². The molecule has 0 radical (unpaired) electrons. The molecule has 3 unspecified atom stereocenters. The molecule has 0 fully saturated rings. The standard InChI is InChI=1S/C64H119N2O6P/c1-6-8-10-12-14-16-18-20-22-24-26-28-29-30-31-32-33-34-35-36-38-39-41-43-45-47-49-51-53-55-57-63(67)62(61-72-73(69,70)71-60-59-66(3,4)5)65-64(68)58-56-54-52-50-48-46-44-42-40-37-27-25-23-21-19-17-15-13-11-9-7-2/h9,11,15,17,21,23,27,37,42,44,48,50,62-63,67H,6-8,10,12-14,16,18-20,22,24-26,28-36,38-41,43,45-47,49,51-61H2,1-5H3,(H-,65,68,69,70)/b11-9-,17-15-,23-21-,37-27-,44-42-,50-48-. The highest BCUT2D eigenvalue weighted by Gasteiger charge is 2.24. The molecule has 0 bridgehead atoms. The maximum atomic E-state index is 13.0. The lowest BCUT2D eigenvalue weighted by atomic mass is 10.0. The summed E-state index contributed by atoms with van der Waals surface area (Å²) in [5.41, 5.74) is 0. The summed E-state index contributed by atoms with van der Waals surface area (Å²) in [5.74, 6) is -0.206. The molecule has 0 aliphatic heterocycles. The van der Waals surface area contributed by atoms with Crippen molar-refractivity contribution in [3.8, 4) is 0 Å². The fourth-order valence-electron chi connectivity index (χ4n) is 8.93. The largest absolute Gasteiger partial charge is 0.756 e. The number of allylic oxidation sites excluding steroid dienone is 12. The van der Waals surface area contributed by atoms with Gasteiger partial charge in [0.15, 0.2) is 0 Å². The molecule has 0 aliphatic rings. The molecule has 0 aliphatic carbocycles. The molecule has 426 valence electrons. The molecule has 0 saturated carbocycles. The first-order chi connectivity index (χ1) is 35.5. The highest BCUT2D eigenvalue weighted by atomic mass is 31.2. The van der Waals surface area contributed by atoms with Gasteiger partial charge in [0.2, 0.25) is 5.91 Å². The average Bonchev–Trinajstić information content (AvgIpc) is 3.35. The lowest BCUT2D eigenvalue weighted by Gasteiger charge is -2.30. The summed E-state index contributed by atoms with van der Waals surface area (Å²) in [6.45, 7) is 4.60. The zero-order valence-corrected chi connectivity index (χ0v) is 49.5. The van der Waals surface area contributed by atoms with Crippen LogP contribution in [-0.2, 0) is 18.4 Å². The molecular weight excluding hydrogens is 924 g/mol. The van der Waals surface area contributed by atoms with E-state index in [4.69, 9.17) is 9.05 Å². The van der Waals surface area contributed by atoms with E-state index >= 15 is 0 Å². The van der Waals surface area contributed by atoms with Crippen LogP contribution in [0, 0.1) is 0 Å². The molecule has 0 saturated heterocycles. The number of quaternary nitrogens is 1. The zero-order valence-electron chi connectivity index (χ0n) is 48.6. The van der Waals surface area contributed by atoms with Gasteiger partial charge in [-0.15, -0.1) is 0 Å². The van der Waals surface area contributed by atoms with Crippen molar-refractivity contribution in [3.05, 3.63) is 72.9 Å². The summed E-state index contributed by atoms with van der Waals surface area (Å²) in [5, 5.41) is 14.0. The number of hydrogen-bond donors (Lipinski definition) is 2. The van der Waals surface area contributed by atoms with E-state index in [-0.39, 0.29) is 19.1 Å². The first-order valence-electron chi connectivity index (χ1n) is 30.8. The van der Waals surface area contributed by atoms with Gasteiger partial charge >= 0.3 is 0 Å². The van der Waals surface area contributed by atoms with Crippen molar-refractivity contribution in [2.75, 3.05) is 40.9 Å². The fourth-order valence-corrected chi connectivity index (χ4v) is 9.65. The van der Waals surface area contributed by atoms with Crippen LogP contribution >= 0.6 is 7.82 Å². The van der Waals surface area contributed by atoms with E-state index in [0.29, 0.717) is 30.3 Å². The summed E-state index contributed by atoms with van der Waals surface area (Å²) >= 11 is 0. The minimum atomic E-state index is -4.59. The van der Waals surface area contributed by atoms with E-state index in [1.807, 2.05) is 21.1 Å². The second-order valence-electron chi connectivity index (χ2n) is 22.0. The number of carbonyl (C=O) groups is 1. The van der Waals surface area contributed by atoms with Gasteiger partial charge in [0.25, 0.3) is 7.82 Å². The molecule has 2 N–H and O–H groups in total. The van der Waals surface area contributed by atoms with Crippen molar-refractivity contribution < 1.29 is 32.9 Å². The molecule has 3 atom stereocenters. The van der Waals surface area contributed by atoms with Crippen LogP contribution < -0.4 is 10.2 Å². The number of nitrogens with one attached hydrogen (secondary N) is 1. The van der Waals surface area contributed by atoms with Gasteiger partial charge in [-0.25, -0.2) is 0 Å². The van der Waals surface area contributed by atoms with Crippen molar-refractivity contribution in [1.29, 1.82) is 0 Å². The first kappa shape index (κ1) is 70.9.